The molecule has 4 nitrogen and oxygen atoms in total. The summed E-state index contributed by atoms with van der Waals surface area (Å²) in [4.78, 5) is 13.4. The number of amides is 1. The molecule has 0 spiro atoms. The highest BCUT2D eigenvalue weighted by Crippen LogP contribution is 2.20. The highest BCUT2D eigenvalue weighted by atomic mass is 35.7. The Morgan fingerprint density at radius 3 is 2.60 bits per heavy atom. The topological polar surface area (TPSA) is 54.5 Å². The number of hydrogen-bond acceptors (Lipinski definition) is 3. The lowest BCUT2D eigenvalue weighted by Gasteiger charge is -2.25. The van der Waals surface area contributed by atoms with E-state index in [1.165, 1.54) is 10.5 Å². The molecule has 0 N–H and O–H groups in total. The maximum Gasteiger partial charge on any atom is 0.261 e. The molecule has 0 fully saturated rings. The van der Waals surface area contributed by atoms with Crippen molar-refractivity contribution in [2.24, 2.45) is 0 Å². The number of nitrogens with zero attached hydrogens (tertiary/aromatic N) is 1. The summed E-state index contributed by atoms with van der Waals surface area (Å²) >= 11 is 0. The van der Waals surface area contributed by atoms with Crippen molar-refractivity contribution >= 4 is 25.6 Å². The summed E-state index contributed by atoms with van der Waals surface area (Å²) in [6.07, 6.45) is 2.67. The van der Waals surface area contributed by atoms with Gasteiger partial charge in [0.2, 0.25) is 0 Å². The number of rotatable bonds is 2. The van der Waals surface area contributed by atoms with Crippen molar-refractivity contribution in [3.05, 3.63) is 41.2 Å². The van der Waals surface area contributed by atoms with Gasteiger partial charge in [-0.05, 0) is 31.5 Å². The second kappa shape index (κ2) is 5.54. The second-order valence-corrected chi connectivity index (χ2v) is 7.23. The molecule has 1 aromatic rings. The van der Waals surface area contributed by atoms with E-state index in [0.717, 1.165) is 24.6 Å². The molecule has 1 aliphatic heterocycles. The standard InChI is InChI=1S/C13H13ClFNO3S/c1-9-2-4-16(5-3-9)13(17)10-6-11(15)8-12(7-10)20(14,18)19/h2,6-8H,3-5H2,1H3. The number of hydrogen-bond donors (Lipinski definition) is 0. The lowest BCUT2D eigenvalue weighted by molar-refractivity contribution is 0.0768. The van der Waals surface area contributed by atoms with Crippen LogP contribution in [0.3, 0.4) is 0 Å². The number of benzene rings is 1. The van der Waals surface area contributed by atoms with Crippen LogP contribution in [0.25, 0.3) is 0 Å². The van der Waals surface area contributed by atoms with Crippen LogP contribution in [0.1, 0.15) is 23.7 Å². The van der Waals surface area contributed by atoms with Crippen LogP contribution in [0.5, 0.6) is 0 Å². The average molecular weight is 318 g/mol. The summed E-state index contributed by atoms with van der Waals surface area (Å²) in [5.74, 6) is -1.21. The Kier molecular flexibility index (Phi) is 4.15. The molecule has 0 unspecified atom stereocenters. The van der Waals surface area contributed by atoms with Crippen molar-refractivity contribution < 1.29 is 17.6 Å². The zero-order valence-electron chi connectivity index (χ0n) is 10.8. The number of carbonyl (C=O) groups is 1. The van der Waals surface area contributed by atoms with Crippen molar-refractivity contribution in [3.8, 4) is 0 Å². The SMILES string of the molecule is CC1=CCN(C(=O)c2cc(F)cc(S(=O)(=O)Cl)c2)CC1. The van der Waals surface area contributed by atoms with E-state index in [1.54, 1.807) is 0 Å². The molecule has 2 rings (SSSR count). The van der Waals surface area contributed by atoms with Crippen LogP contribution in [0.4, 0.5) is 4.39 Å². The molecule has 7 heteroatoms. The molecule has 0 saturated carbocycles. The van der Waals surface area contributed by atoms with Crippen LogP contribution in [0.15, 0.2) is 34.7 Å². The predicted octanol–water partition coefficient (Wildman–Crippen LogP) is 2.55. The molecule has 1 amide bonds. The zero-order chi connectivity index (χ0) is 14.9. The van der Waals surface area contributed by atoms with Gasteiger partial charge < -0.3 is 4.90 Å². The highest BCUT2D eigenvalue weighted by Gasteiger charge is 2.21. The first-order valence-electron chi connectivity index (χ1n) is 5.97. The number of halogens is 2. The fraction of sp³-hybridized carbons (Fsp3) is 0.308. The third kappa shape index (κ3) is 3.37. The Labute approximate surface area is 121 Å². The first-order valence-corrected chi connectivity index (χ1v) is 8.28. The molecule has 1 aliphatic rings. The molecule has 20 heavy (non-hydrogen) atoms. The molecule has 1 heterocycles. The van der Waals surface area contributed by atoms with Gasteiger partial charge in [-0.25, -0.2) is 12.8 Å². The Bertz CT molecular complexity index is 685. The van der Waals surface area contributed by atoms with Crippen molar-refractivity contribution in [1.82, 2.24) is 4.90 Å². The van der Waals surface area contributed by atoms with E-state index in [4.69, 9.17) is 10.7 Å². The van der Waals surface area contributed by atoms with Gasteiger partial charge in [0.1, 0.15) is 5.82 Å². The second-order valence-electron chi connectivity index (χ2n) is 4.67. The maximum absolute atomic E-state index is 13.4. The van der Waals surface area contributed by atoms with Crippen LogP contribution < -0.4 is 0 Å². The minimum absolute atomic E-state index is 0.0165. The fourth-order valence-electron chi connectivity index (χ4n) is 1.96. The van der Waals surface area contributed by atoms with Crippen molar-refractivity contribution in [1.29, 1.82) is 0 Å². The van der Waals surface area contributed by atoms with Gasteiger partial charge >= 0.3 is 0 Å². The van der Waals surface area contributed by atoms with Gasteiger partial charge in [-0.2, -0.15) is 0 Å². The minimum Gasteiger partial charge on any atom is -0.335 e. The predicted molar refractivity (Wildman–Crippen MR) is 73.7 cm³/mol. The van der Waals surface area contributed by atoms with Crippen LogP contribution in [-0.2, 0) is 9.05 Å². The van der Waals surface area contributed by atoms with Gasteiger partial charge in [-0.15, -0.1) is 0 Å². The van der Waals surface area contributed by atoms with Gasteiger partial charge in [0, 0.05) is 29.3 Å². The summed E-state index contributed by atoms with van der Waals surface area (Å²) in [7, 11) is 1.11. The monoisotopic (exact) mass is 317 g/mol. The molecule has 0 aliphatic carbocycles. The van der Waals surface area contributed by atoms with E-state index in [-0.39, 0.29) is 5.56 Å². The zero-order valence-corrected chi connectivity index (χ0v) is 12.3. The average Bonchev–Trinajstić information content (AvgIpc) is 2.37. The molecule has 108 valence electrons. The maximum atomic E-state index is 13.4. The molecule has 0 aromatic heterocycles. The van der Waals surface area contributed by atoms with Gasteiger partial charge in [0.05, 0.1) is 4.90 Å². The van der Waals surface area contributed by atoms with E-state index in [9.17, 15) is 17.6 Å². The van der Waals surface area contributed by atoms with Gasteiger partial charge in [-0.3, -0.25) is 4.79 Å². The lowest BCUT2D eigenvalue weighted by Crippen LogP contribution is -2.34. The molecular weight excluding hydrogens is 305 g/mol. The van der Waals surface area contributed by atoms with Crippen LogP contribution in [-0.4, -0.2) is 32.3 Å². The molecule has 0 atom stereocenters. The first kappa shape index (κ1) is 15.0. The Morgan fingerprint density at radius 1 is 1.35 bits per heavy atom. The van der Waals surface area contributed by atoms with E-state index < -0.39 is 25.7 Å². The van der Waals surface area contributed by atoms with Crippen molar-refractivity contribution in [2.75, 3.05) is 13.1 Å². The van der Waals surface area contributed by atoms with Crippen LogP contribution in [0, 0.1) is 5.82 Å². The fourth-order valence-corrected chi connectivity index (χ4v) is 2.75. The van der Waals surface area contributed by atoms with E-state index in [2.05, 4.69) is 0 Å². The quantitative estimate of drug-likeness (QED) is 0.622. The highest BCUT2D eigenvalue weighted by molar-refractivity contribution is 8.13. The molecule has 0 bridgehead atoms. The summed E-state index contributed by atoms with van der Waals surface area (Å²) in [5, 5.41) is 0. The molecule has 0 radical (unpaired) electrons. The summed E-state index contributed by atoms with van der Waals surface area (Å²) < 4.78 is 35.9. The van der Waals surface area contributed by atoms with Gasteiger partial charge in [0.25, 0.3) is 15.0 Å². The first-order chi connectivity index (χ1) is 9.27. The molecule has 1 aromatic carbocycles. The largest absolute Gasteiger partial charge is 0.335 e. The van der Waals surface area contributed by atoms with Crippen LogP contribution >= 0.6 is 10.7 Å². The van der Waals surface area contributed by atoms with E-state index in [1.807, 2.05) is 13.0 Å². The Morgan fingerprint density at radius 2 is 2.05 bits per heavy atom. The number of carbonyl (C=O) groups excluding carboxylic acids is 1. The van der Waals surface area contributed by atoms with Crippen LogP contribution in [0.2, 0.25) is 0 Å². The smallest absolute Gasteiger partial charge is 0.261 e. The normalized spacial score (nSPS) is 15.9. The Balaban J connectivity index is 2.33. The minimum atomic E-state index is -4.07. The molecular formula is C13H13ClFNO3S. The lowest BCUT2D eigenvalue weighted by atomic mass is 10.1. The van der Waals surface area contributed by atoms with Crippen molar-refractivity contribution in [3.63, 3.8) is 0 Å². The Hall–Kier alpha value is -1.40. The molecule has 0 saturated heterocycles. The summed E-state index contributed by atoms with van der Waals surface area (Å²) in [5.41, 5.74) is 1.18. The van der Waals surface area contributed by atoms with Gasteiger partial charge in [-0.1, -0.05) is 11.6 Å². The summed E-state index contributed by atoms with van der Waals surface area (Å²) in [6, 6.07) is 2.90. The van der Waals surface area contributed by atoms with Gasteiger partial charge in [0.15, 0.2) is 0 Å². The third-order valence-corrected chi connectivity index (χ3v) is 4.46. The van der Waals surface area contributed by atoms with E-state index >= 15 is 0 Å². The third-order valence-electron chi connectivity index (χ3n) is 3.12. The summed E-state index contributed by atoms with van der Waals surface area (Å²) in [6.45, 7) is 2.94. The van der Waals surface area contributed by atoms with E-state index in [0.29, 0.717) is 13.1 Å². The van der Waals surface area contributed by atoms with Crippen molar-refractivity contribution in [2.45, 2.75) is 18.2 Å².